The van der Waals surface area contributed by atoms with Gasteiger partial charge in [0.2, 0.25) is 5.91 Å². The van der Waals surface area contributed by atoms with Crippen LogP contribution in [-0.4, -0.2) is 26.8 Å². The third-order valence-corrected chi connectivity index (χ3v) is 4.89. The molecule has 0 saturated carbocycles. The summed E-state index contributed by atoms with van der Waals surface area (Å²) >= 11 is 12.1. The van der Waals surface area contributed by atoms with Crippen molar-refractivity contribution < 1.29 is 9.59 Å². The summed E-state index contributed by atoms with van der Waals surface area (Å²) in [6.07, 6.45) is 0. The average Bonchev–Trinajstić information content (AvgIpc) is 3.01. The molecule has 0 unspecified atom stereocenters. The van der Waals surface area contributed by atoms with Gasteiger partial charge in [0.15, 0.2) is 5.69 Å². The number of carbonyl (C=O) groups is 2. The van der Waals surface area contributed by atoms with Crippen LogP contribution in [-0.2, 0) is 11.3 Å². The lowest BCUT2D eigenvalue weighted by Gasteiger charge is -2.09. The maximum atomic E-state index is 12.5. The molecule has 1 aromatic heterocycles. The molecule has 0 bridgehead atoms. The van der Waals surface area contributed by atoms with E-state index in [4.69, 9.17) is 23.2 Å². The highest BCUT2D eigenvalue weighted by molar-refractivity contribution is 6.34. The number of carbonyl (C=O) groups excluding carboxylic acids is 2. The van der Waals surface area contributed by atoms with Crippen LogP contribution in [0.15, 0.2) is 36.4 Å². The minimum absolute atomic E-state index is 0.0939. The molecule has 0 fully saturated rings. The molecule has 0 radical (unpaired) electrons. The van der Waals surface area contributed by atoms with Gasteiger partial charge in [0.25, 0.3) is 5.91 Å². The van der Waals surface area contributed by atoms with Crippen molar-refractivity contribution in [2.45, 2.75) is 27.3 Å². The van der Waals surface area contributed by atoms with Crippen molar-refractivity contribution in [1.82, 2.24) is 15.0 Å². The molecule has 0 aliphatic rings. The van der Waals surface area contributed by atoms with Gasteiger partial charge in [0.1, 0.15) is 6.54 Å². The molecule has 1 heterocycles. The molecule has 0 saturated heterocycles. The summed E-state index contributed by atoms with van der Waals surface area (Å²) in [7, 11) is 0. The summed E-state index contributed by atoms with van der Waals surface area (Å²) in [6.45, 7) is 5.35. The molecular weight excluding hydrogens is 413 g/mol. The van der Waals surface area contributed by atoms with E-state index in [1.165, 1.54) is 4.68 Å². The Hall–Kier alpha value is -2.90. The Kier molecular flexibility index (Phi) is 6.20. The fourth-order valence-corrected chi connectivity index (χ4v) is 3.13. The van der Waals surface area contributed by atoms with Crippen LogP contribution in [0.5, 0.6) is 0 Å². The van der Waals surface area contributed by atoms with E-state index in [0.29, 0.717) is 27.1 Å². The first-order chi connectivity index (χ1) is 13.7. The Morgan fingerprint density at radius 2 is 1.76 bits per heavy atom. The van der Waals surface area contributed by atoms with E-state index in [9.17, 15) is 9.59 Å². The number of aromatic nitrogens is 3. The molecule has 0 aliphatic carbocycles. The number of nitrogens with zero attached hydrogens (tertiary/aromatic N) is 3. The highest BCUT2D eigenvalue weighted by atomic mass is 35.5. The summed E-state index contributed by atoms with van der Waals surface area (Å²) in [5, 5.41) is 14.3. The number of halogens is 2. The summed E-state index contributed by atoms with van der Waals surface area (Å²) in [4.78, 5) is 24.9. The van der Waals surface area contributed by atoms with E-state index < -0.39 is 5.91 Å². The topological polar surface area (TPSA) is 88.9 Å². The molecule has 9 heteroatoms. The lowest BCUT2D eigenvalue weighted by molar-refractivity contribution is -0.117. The standard InChI is InChI=1S/C20H19Cl2N5O2/c1-11-4-7-16(15(22)8-11)24-20(29)19-13(3)27(26-25-19)10-18(28)23-17-9-14(21)6-5-12(17)2/h4-9H,10H2,1-3H3,(H,23,28)(H,24,29). The second kappa shape index (κ2) is 8.63. The monoisotopic (exact) mass is 431 g/mol. The molecule has 3 aromatic rings. The van der Waals surface area contributed by atoms with Crippen molar-refractivity contribution in [1.29, 1.82) is 0 Å². The van der Waals surface area contributed by atoms with Gasteiger partial charge in [-0.3, -0.25) is 9.59 Å². The molecule has 29 heavy (non-hydrogen) atoms. The molecule has 2 aromatic carbocycles. The third-order valence-electron chi connectivity index (χ3n) is 4.34. The Morgan fingerprint density at radius 3 is 2.48 bits per heavy atom. The zero-order valence-corrected chi connectivity index (χ0v) is 17.6. The van der Waals surface area contributed by atoms with Crippen molar-refractivity contribution in [2.75, 3.05) is 10.6 Å². The van der Waals surface area contributed by atoms with Crippen molar-refractivity contribution in [2.24, 2.45) is 0 Å². The second-order valence-corrected chi connectivity index (χ2v) is 7.47. The van der Waals surface area contributed by atoms with Gasteiger partial charge in [-0.25, -0.2) is 4.68 Å². The quantitative estimate of drug-likeness (QED) is 0.626. The van der Waals surface area contributed by atoms with E-state index in [1.807, 2.05) is 26.0 Å². The number of aryl methyl sites for hydroxylation is 2. The molecule has 2 amide bonds. The zero-order valence-electron chi connectivity index (χ0n) is 16.1. The summed E-state index contributed by atoms with van der Waals surface area (Å²) in [5.74, 6) is -0.762. The van der Waals surface area contributed by atoms with Gasteiger partial charge in [0.05, 0.1) is 16.4 Å². The lowest BCUT2D eigenvalue weighted by Crippen LogP contribution is -2.21. The van der Waals surface area contributed by atoms with Gasteiger partial charge in [0, 0.05) is 10.7 Å². The van der Waals surface area contributed by atoms with Crippen LogP contribution >= 0.6 is 23.2 Å². The van der Waals surface area contributed by atoms with Crippen LogP contribution in [0.3, 0.4) is 0 Å². The number of amides is 2. The average molecular weight is 432 g/mol. The lowest BCUT2D eigenvalue weighted by atomic mass is 10.2. The summed E-state index contributed by atoms with van der Waals surface area (Å²) < 4.78 is 1.36. The first-order valence-corrected chi connectivity index (χ1v) is 9.54. The summed E-state index contributed by atoms with van der Waals surface area (Å²) in [6, 6.07) is 10.6. The molecule has 0 atom stereocenters. The maximum Gasteiger partial charge on any atom is 0.278 e. The van der Waals surface area contributed by atoms with Crippen LogP contribution in [0.25, 0.3) is 0 Å². The number of benzene rings is 2. The normalized spacial score (nSPS) is 10.7. The second-order valence-electron chi connectivity index (χ2n) is 6.63. The highest BCUT2D eigenvalue weighted by Crippen LogP contribution is 2.23. The molecule has 0 aliphatic heterocycles. The molecule has 150 valence electrons. The van der Waals surface area contributed by atoms with Gasteiger partial charge in [-0.05, 0) is 56.2 Å². The Bertz CT molecular complexity index is 1090. The molecule has 7 nitrogen and oxygen atoms in total. The number of rotatable bonds is 5. The smallest absolute Gasteiger partial charge is 0.278 e. The zero-order chi connectivity index (χ0) is 21.1. The van der Waals surface area contributed by atoms with E-state index in [-0.39, 0.29) is 18.1 Å². The molecular formula is C20H19Cl2N5O2. The maximum absolute atomic E-state index is 12.5. The van der Waals surface area contributed by atoms with E-state index in [1.54, 1.807) is 31.2 Å². The predicted octanol–water partition coefficient (Wildman–Crippen LogP) is 4.40. The van der Waals surface area contributed by atoms with Crippen LogP contribution in [0.1, 0.15) is 27.3 Å². The van der Waals surface area contributed by atoms with E-state index in [0.717, 1.165) is 11.1 Å². The molecule has 2 N–H and O–H groups in total. The first-order valence-electron chi connectivity index (χ1n) is 8.78. The Balaban J connectivity index is 1.70. The van der Waals surface area contributed by atoms with Crippen LogP contribution < -0.4 is 10.6 Å². The Morgan fingerprint density at radius 1 is 1.00 bits per heavy atom. The number of nitrogens with one attached hydrogen (secondary N) is 2. The van der Waals surface area contributed by atoms with Gasteiger partial charge in [-0.2, -0.15) is 0 Å². The Labute approximate surface area is 178 Å². The van der Waals surface area contributed by atoms with Crippen LogP contribution in [0.4, 0.5) is 11.4 Å². The van der Waals surface area contributed by atoms with Crippen molar-refractivity contribution >= 4 is 46.4 Å². The van der Waals surface area contributed by atoms with E-state index >= 15 is 0 Å². The van der Waals surface area contributed by atoms with Gasteiger partial charge in [-0.15, -0.1) is 5.10 Å². The predicted molar refractivity (Wildman–Crippen MR) is 114 cm³/mol. The van der Waals surface area contributed by atoms with Crippen molar-refractivity contribution in [3.63, 3.8) is 0 Å². The largest absolute Gasteiger partial charge is 0.324 e. The minimum atomic E-state index is -0.453. The van der Waals surface area contributed by atoms with Gasteiger partial charge >= 0.3 is 0 Å². The van der Waals surface area contributed by atoms with E-state index in [2.05, 4.69) is 20.9 Å². The van der Waals surface area contributed by atoms with Crippen molar-refractivity contribution in [3.8, 4) is 0 Å². The number of anilines is 2. The van der Waals surface area contributed by atoms with Gasteiger partial charge < -0.3 is 10.6 Å². The third kappa shape index (κ3) is 4.93. The van der Waals surface area contributed by atoms with Crippen LogP contribution in [0.2, 0.25) is 10.0 Å². The van der Waals surface area contributed by atoms with Crippen LogP contribution in [0, 0.1) is 20.8 Å². The SMILES string of the molecule is Cc1ccc(NC(=O)c2nnn(CC(=O)Nc3cc(Cl)ccc3C)c2C)c(Cl)c1. The fraction of sp³-hybridized carbons (Fsp3) is 0.200. The number of hydrogen-bond donors (Lipinski definition) is 2. The highest BCUT2D eigenvalue weighted by Gasteiger charge is 2.19. The first kappa shape index (κ1) is 20.8. The fourth-order valence-electron chi connectivity index (χ4n) is 2.68. The minimum Gasteiger partial charge on any atom is -0.324 e. The molecule has 0 spiro atoms. The van der Waals surface area contributed by atoms with Crippen molar-refractivity contribution in [3.05, 3.63) is 69.0 Å². The molecule has 3 rings (SSSR count). The number of hydrogen-bond acceptors (Lipinski definition) is 4. The van der Waals surface area contributed by atoms with Gasteiger partial charge in [-0.1, -0.05) is 40.5 Å². The summed E-state index contributed by atoms with van der Waals surface area (Å²) in [5.41, 5.74) is 3.54.